The summed E-state index contributed by atoms with van der Waals surface area (Å²) in [6.07, 6.45) is 2.54. The van der Waals surface area contributed by atoms with Crippen LogP contribution in [0.3, 0.4) is 0 Å². The van der Waals surface area contributed by atoms with Gasteiger partial charge in [0.25, 0.3) is 0 Å². The third kappa shape index (κ3) is 3.58. The zero-order valence-electron chi connectivity index (χ0n) is 10.7. The minimum atomic E-state index is 0.281. The quantitative estimate of drug-likeness (QED) is 0.788. The first-order chi connectivity index (χ1) is 7.72. The SMILES string of the molecule is CCCC(OC)C(NCC)c1ccc(C)s1. The van der Waals surface area contributed by atoms with Gasteiger partial charge in [0.05, 0.1) is 12.1 Å². The average molecular weight is 241 g/mol. The largest absolute Gasteiger partial charge is 0.379 e. The molecule has 0 saturated heterocycles. The fourth-order valence-corrected chi connectivity index (χ4v) is 2.97. The van der Waals surface area contributed by atoms with Gasteiger partial charge in [0.15, 0.2) is 0 Å². The Bertz CT molecular complexity index is 298. The maximum atomic E-state index is 5.61. The van der Waals surface area contributed by atoms with Gasteiger partial charge < -0.3 is 10.1 Å². The lowest BCUT2D eigenvalue weighted by molar-refractivity contribution is 0.0621. The molecule has 0 saturated carbocycles. The number of thiophene rings is 1. The number of hydrogen-bond acceptors (Lipinski definition) is 3. The second kappa shape index (κ2) is 7.05. The first-order valence-electron chi connectivity index (χ1n) is 6.05. The molecule has 0 aliphatic rings. The van der Waals surface area contributed by atoms with E-state index in [1.54, 1.807) is 0 Å². The number of rotatable bonds is 7. The smallest absolute Gasteiger partial charge is 0.0773 e. The van der Waals surface area contributed by atoms with E-state index in [0.717, 1.165) is 19.4 Å². The molecule has 2 atom stereocenters. The van der Waals surface area contributed by atoms with Crippen molar-refractivity contribution in [1.29, 1.82) is 0 Å². The molecule has 1 aromatic heterocycles. The van der Waals surface area contributed by atoms with Crippen LogP contribution in [0.2, 0.25) is 0 Å². The summed E-state index contributed by atoms with van der Waals surface area (Å²) in [5.41, 5.74) is 0. The Morgan fingerprint density at radius 1 is 1.38 bits per heavy atom. The fourth-order valence-electron chi connectivity index (χ4n) is 1.96. The summed E-state index contributed by atoms with van der Waals surface area (Å²) in [5.74, 6) is 0. The molecule has 92 valence electrons. The van der Waals surface area contributed by atoms with E-state index in [-0.39, 0.29) is 6.10 Å². The van der Waals surface area contributed by atoms with Crippen molar-refractivity contribution in [2.75, 3.05) is 13.7 Å². The standard InChI is InChI=1S/C13H23NOS/c1-5-7-11(15-4)13(14-6-2)12-9-8-10(3)16-12/h8-9,11,13-14H,5-7H2,1-4H3. The molecule has 3 heteroatoms. The molecule has 16 heavy (non-hydrogen) atoms. The van der Waals surface area contributed by atoms with Gasteiger partial charge in [0, 0.05) is 16.9 Å². The summed E-state index contributed by atoms with van der Waals surface area (Å²) >= 11 is 1.86. The predicted molar refractivity (Wildman–Crippen MR) is 71.2 cm³/mol. The number of aryl methyl sites for hydroxylation is 1. The molecule has 2 unspecified atom stereocenters. The van der Waals surface area contributed by atoms with Gasteiger partial charge in [-0.05, 0) is 32.0 Å². The molecule has 0 bridgehead atoms. The van der Waals surface area contributed by atoms with E-state index in [4.69, 9.17) is 4.74 Å². The molecule has 0 amide bonds. The summed E-state index contributed by atoms with van der Waals surface area (Å²) in [6, 6.07) is 4.74. The van der Waals surface area contributed by atoms with Crippen LogP contribution in [-0.4, -0.2) is 19.8 Å². The van der Waals surface area contributed by atoms with Crippen molar-refractivity contribution in [3.05, 3.63) is 21.9 Å². The number of ether oxygens (including phenoxy) is 1. The first kappa shape index (κ1) is 13.7. The van der Waals surface area contributed by atoms with Crippen molar-refractivity contribution in [1.82, 2.24) is 5.32 Å². The molecule has 1 heterocycles. The molecule has 0 aliphatic carbocycles. The van der Waals surface area contributed by atoms with Crippen LogP contribution in [0.5, 0.6) is 0 Å². The summed E-state index contributed by atoms with van der Waals surface area (Å²) in [5, 5.41) is 3.53. The lowest BCUT2D eigenvalue weighted by atomic mass is 10.0. The van der Waals surface area contributed by atoms with E-state index in [2.05, 4.69) is 38.2 Å². The predicted octanol–water partition coefficient (Wildman–Crippen LogP) is 3.52. The van der Waals surface area contributed by atoms with Crippen molar-refractivity contribution < 1.29 is 4.74 Å². The van der Waals surface area contributed by atoms with E-state index < -0.39 is 0 Å². The minimum Gasteiger partial charge on any atom is -0.379 e. The van der Waals surface area contributed by atoms with Crippen molar-refractivity contribution >= 4 is 11.3 Å². The molecule has 0 fully saturated rings. The van der Waals surface area contributed by atoms with E-state index >= 15 is 0 Å². The Balaban J connectivity index is 2.79. The van der Waals surface area contributed by atoms with Gasteiger partial charge in [0.2, 0.25) is 0 Å². The van der Waals surface area contributed by atoms with Crippen molar-refractivity contribution in [2.24, 2.45) is 0 Å². The van der Waals surface area contributed by atoms with Crippen LogP contribution in [0.15, 0.2) is 12.1 Å². The molecule has 0 aromatic carbocycles. The summed E-state index contributed by atoms with van der Waals surface area (Å²) in [6.45, 7) is 7.48. The van der Waals surface area contributed by atoms with Crippen LogP contribution < -0.4 is 5.32 Å². The molecular weight excluding hydrogens is 218 g/mol. The number of likely N-dealkylation sites (N-methyl/N-ethyl adjacent to an activating group) is 1. The van der Waals surface area contributed by atoms with E-state index in [1.807, 2.05) is 18.4 Å². The Morgan fingerprint density at radius 3 is 2.56 bits per heavy atom. The van der Waals surface area contributed by atoms with Gasteiger partial charge in [0.1, 0.15) is 0 Å². The van der Waals surface area contributed by atoms with Crippen LogP contribution in [0.4, 0.5) is 0 Å². The van der Waals surface area contributed by atoms with Crippen LogP contribution in [0.1, 0.15) is 42.5 Å². The maximum Gasteiger partial charge on any atom is 0.0773 e. The van der Waals surface area contributed by atoms with Crippen LogP contribution in [0, 0.1) is 6.92 Å². The van der Waals surface area contributed by atoms with E-state index in [9.17, 15) is 0 Å². The number of nitrogens with one attached hydrogen (secondary N) is 1. The van der Waals surface area contributed by atoms with E-state index in [1.165, 1.54) is 9.75 Å². The average Bonchev–Trinajstić information content (AvgIpc) is 2.70. The second-order valence-electron chi connectivity index (χ2n) is 4.05. The van der Waals surface area contributed by atoms with Crippen molar-refractivity contribution in [2.45, 2.75) is 45.8 Å². The highest BCUT2D eigenvalue weighted by Crippen LogP contribution is 2.28. The molecule has 0 radical (unpaired) electrons. The lowest BCUT2D eigenvalue weighted by Crippen LogP contribution is -2.32. The highest BCUT2D eigenvalue weighted by atomic mass is 32.1. The van der Waals surface area contributed by atoms with Gasteiger partial charge in [-0.2, -0.15) is 0 Å². The third-order valence-electron chi connectivity index (χ3n) is 2.74. The normalized spacial score (nSPS) is 15.0. The first-order valence-corrected chi connectivity index (χ1v) is 6.87. The fraction of sp³-hybridized carbons (Fsp3) is 0.692. The Hall–Kier alpha value is -0.380. The monoisotopic (exact) mass is 241 g/mol. The maximum absolute atomic E-state index is 5.61. The molecule has 1 N–H and O–H groups in total. The third-order valence-corrected chi connectivity index (χ3v) is 3.82. The van der Waals surface area contributed by atoms with Gasteiger partial charge in [-0.25, -0.2) is 0 Å². The molecule has 0 spiro atoms. The van der Waals surface area contributed by atoms with Crippen molar-refractivity contribution in [3.63, 3.8) is 0 Å². The minimum absolute atomic E-state index is 0.281. The highest BCUT2D eigenvalue weighted by Gasteiger charge is 2.22. The second-order valence-corrected chi connectivity index (χ2v) is 5.37. The molecule has 1 rings (SSSR count). The zero-order valence-corrected chi connectivity index (χ0v) is 11.6. The van der Waals surface area contributed by atoms with Gasteiger partial charge in [-0.1, -0.05) is 20.3 Å². The van der Waals surface area contributed by atoms with Crippen LogP contribution >= 0.6 is 11.3 Å². The Kier molecular flexibility index (Phi) is 6.03. The highest BCUT2D eigenvalue weighted by molar-refractivity contribution is 7.12. The Labute approximate surface area is 103 Å². The summed E-state index contributed by atoms with van der Waals surface area (Å²) in [4.78, 5) is 2.75. The molecule has 0 aliphatic heterocycles. The lowest BCUT2D eigenvalue weighted by Gasteiger charge is -2.25. The molecular formula is C13H23NOS. The Morgan fingerprint density at radius 2 is 2.12 bits per heavy atom. The van der Waals surface area contributed by atoms with Crippen LogP contribution in [0.25, 0.3) is 0 Å². The topological polar surface area (TPSA) is 21.3 Å². The molecule has 1 aromatic rings. The van der Waals surface area contributed by atoms with Gasteiger partial charge in [-0.15, -0.1) is 11.3 Å². The summed E-state index contributed by atoms with van der Waals surface area (Å²) < 4.78 is 5.61. The van der Waals surface area contributed by atoms with Gasteiger partial charge >= 0.3 is 0 Å². The number of hydrogen-bond donors (Lipinski definition) is 1. The zero-order chi connectivity index (χ0) is 12.0. The van der Waals surface area contributed by atoms with E-state index in [0.29, 0.717) is 6.04 Å². The van der Waals surface area contributed by atoms with Gasteiger partial charge in [-0.3, -0.25) is 0 Å². The van der Waals surface area contributed by atoms with Crippen molar-refractivity contribution in [3.8, 4) is 0 Å². The number of methoxy groups -OCH3 is 1. The van der Waals surface area contributed by atoms with Crippen LogP contribution in [-0.2, 0) is 4.74 Å². The molecule has 2 nitrogen and oxygen atoms in total. The summed E-state index contributed by atoms with van der Waals surface area (Å²) in [7, 11) is 1.81.